The minimum absolute atomic E-state index is 0.0562. The maximum absolute atomic E-state index is 11.0. The average molecular weight is 276 g/mol. The van der Waals surface area contributed by atoms with E-state index < -0.39 is 12.1 Å². The van der Waals surface area contributed by atoms with Gasteiger partial charge in [-0.2, -0.15) is 0 Å². The van der Waals surface area contributed by atoms with Crippen molar-refractivity contribution in [3.05, 3.63) is 12.2 Å². The Morgan fingerprint density at radius 3 is 2.78 bits per heavy atom. The van der Waals surface area contributed by atoms with Crippen LogP contribution in [0.1, 0.15) is 20.3 Å². The number of carbonyl (C=O) groups is 1. The van der Waals surface area contributed by atoms with Crippen molar-refractivity contribution in [3.8, 4) is 0 Å². The highest BCUT2D eigenvalue weighted by Gasteiger charge is 2.09. The number of esters is 1. The van der Waals surface area contributed by atoms with Gasteiger partial charge in [0, 0.05) is 18.8 Å². The van der Waals surface area contributed by atoms with E-state index >= 15 is 0 Å². The molecule has 0 bridgehead atoms. The first-order chi connectivity index (χ1) is 8.57. The minimum Gasteiger partial charge on any atom is -0.460 e. The van der Waals surface area contributed by atoms with Crippen LogP contribution in [0, 0.1) is 0 Å². The van der Waals surface area contributed by atoms with E-state index in [1.165, 1.54) is 0 Å². The summed E-state index contributed by atoms with van der Waals surface area (Å²) in [6.45, 7) is 8.52. The summed E-state index contributed by atoms with van der Waals surface area (Å²) >= 11 is 0. The molecule has 5 nitrogen and oxygen atoms in total. The minimum atomic E-state index is -0.780. The van der Waals surface area contributed by atoms with Crippen LogP contribution >= 0.6 is 0 Å². The van der Waals surface area contributed by atoms with E-state index in [1.54, 1.807) is 6.92 Å². The monoisotopic (exact) mass is 276 g/mol. The summed E-state index contributed by atoms with van der Waals surface area (Å²) in [6.07, 6.45) is 0.169. The fourth-order valence-electron chi connectivity index (χ4n) is 1.12. The van der Waals surface area contributed by atoms with Crippen molar-refractivity contribution < 1.29 is 23.8 Å². The van der Waals surface area contributed by atoms with Gasteiger partial charge in [-0.1, -0.05) is 6.58 Å². The second-order valence-electron chi connectivity index (χ2n) is 4.01. The Balaban J connectivity index is 3.34. The first-order valence-corrected chi connectivity index (χ1v) is 7.81. The molecule has 0 aromatic heterocycles. The summed E-state index contributed by atoms with van der Waals surface area (Å²) < 4.78 is 15.4. The maximum atomic E-state index is 11.0. The lowest BCUT2D eigenvalue weighted by Crippen LogP contribution is -2.24. The van der Waals surface area contributed by atoms with E-state index in [0.717, 1.165) is 19.1 Å². The summed E-state index contributed by atoms with van der Waals surface area (Å²) in [5, 5.41) is 9.47. The van der Waals surface area contributed by atoms with E-state index in [1.807, 2.05) is 6.92 Å². The van der Waals surface area contributed by atoms with Crippen molar-refractivity contribution in [2.45, 2.75) is 32.4 Å². The van der Waals surface area contributed by atoms with Crippen LogP contribution in [0.25, 0.3) is 0 Å². The third kappa shape index (κ3) is 10.5. The van der Waals surface area contributed by atoms with E-state index in [9.17, 15) is 9.90 Å². The molecule has 0 heterocycles. The molecule has 0 aliphatic heterocycles. The van der Waals surface area contributed by atoms with Gasteiger partial charge in [-0.15, -0.1) is 0 Å². The van der Waals surface area contributed by atoms with Gasteiger partial charge in [0.2, 0.25) is 0 Å². The zero-order valence-electron chi connectivity index (χ0n) is 11.3. The van der Waals surface area contributed by atoms with Crippen molar-refractivity contribution >= 4 is 15.7 Å². The molecule has 0 aliphatic rings. The second kappa shape index (κ2) is 11.4. The Labute approximate surface area is 111 Å². The Morgan fingerprint density at radius 2 is 2.17 bits per heavy atom. The molecule has 0 saturated heterocycles. The van der Waals surface area contributed by atoms with Crippen LogP contribution in [0.5, 0.6) is 0 Å². The molecule has 0 saturated carbocycles. The van der Waals surface area contributed by atoms with Gasteiger partial charge in [0.1, 0.15) is 12.7 Å². The predicted octanol–water partition coefficient (Wildman–Crippen LogP) is 0.412. The van der Waals surface area contributed by atoms with Crippen molar-refractivity contribution in [1.29, 1.82) is 0 Å². The molecular weight excluding hydrogens is 252 g/mol. The normalized spacial score (nSPS) is 12.8. The number of aliphatic hydroxyl groups excluding tert-OH is 1. The molecule has 6 heteroatoms. The van der Waals surface area contributed by atoms with Crippen LogP contribution in [0.3, 0.4) is 0 Å². The van der Waals surface area contributed by atoms with Crippen LogP contribution in [0.2, 0.25) is 6.04 Å². The quantitative estimate of drug-likeness (QED) is 0.256. The molecular formula is C12H24O5Si. The van der Waals surface area contributed by atoms with E-state index in [-0.39, 0.29) is 23.0 Å². The maximum Gasteiger partial charge on any atom is 0.333 e. The Kier molecular flexibility index (Phi) is 11.0. The first-order valence-electron chi connectivity index (χ1n) is 6.24. The topological polar surface area (TPSA) is 65.0 Å². The fourth-order valence-corrected chi connectivity index (χ4v) is 2.02. The smallest absolute Gasteiger partial charge is 0.333 e. The predicted molar refractivity (Wildman–Crippen MR) is 72.2 cm³/mol. The molecule has 1 N–H and O–H groups in total. The molecule has 0 amide bonds. The molecule has 0 aromatic carbocycles. The number of rotatable bonds is 11. The van der Waals surface area contributed by atoms with Gasteiger partial charge in [-0.3, -0.25) is 0 Å². The van der Waals surface area contributed by atoms with Gasteiger partial charge in [-0.25, -0.2) is 4.79 Å². The molecule has 0 fully saturated rings. The lowest BCUT2D eigenvalue weighted by Gasteiger charge is -2.11. The molecule has 0 radical (unpaired) electrons. The first kappa shape index (κ1) is 17.3. The largest absolute Gasteiger partial charge is 0.460 e. The van der Waals surface area contributed by atoms with Gasteiger partial charge < -0.3 is 19.0 Å². The molecule has 0 aromatic rings. The highest BCUT2D eigenvalue weighted by molar-refractivity contribution is 6.26. The highest BCUT2D eigenvalue weighted by atomic mass is 28.2. The average Bonchev–Trinajstić information content (AvgIpc) is 2.34. The number of hydrogen-bond acceptors (Lipinski definition) is 5. The van der Waals surface area contributed by atoms with Gasteiger partial charge >= 0.3 is 5.97 Å². The van der Waals surface area contributed by atoms with Crippen LogP contribution in [-0.4, -0.2) is 53.4 Å². The van der Waals surface area contributed by atoms with Gasteiger partial charge in [0.15, 0.2) is 9.76 Å². The summed E-state index contributed by atoms with van der Waals surface area (Å²) in [5.41, 5.74) is 0.323. The Bertz CT molecular complexity index is 245. The number of ether oxygens (including phenoxy) is 2. The summed E-state index contributed by atoms with van der Waals surface area (Å²) in [4.78, 5) is 11.0. The number of hydrogen-bond donors (Lipinski definition) is 1. The molecule has 106 valence electrons. The van der Waals surface area contributed by atoms with E-state index in [2.05, 4.69) is 6.58 Å². The number of carbonyl (C=O) groups excluding carboxylic acids is 1. The molecule has 0 rings (SSSR count). The van der Waals surface area contributed by atoms with Crippen LogP contribution < -0.4 is 0 Å². The summed E-state index contributed by atoms with van der Waals surface area (Å²) in [6, 6.07) is 1.08. The van der Waals surface area contributed by atoms with Gasteiger partial charge in [0.25, 0.3) is 0 Å². The highest BCUT2D eigenvalue weighted by Crippen LogP contribution is 1.96. The van der Waals surface area contributed by atoms with Crippen LogP contribution in [-0.2, 0) is 18.7 Å². The molecule has 0 aliphatic carbocycles. The molecule has 1 atom stereocenters. The van der Waals surface area contributed by atoms with Crippen molar-refractivity contribution in [1.82, 2.24) is 0 Å². The SMILES string of the molecule is C=C(C)C(=O)OCC(O)COCCC[SiH2]OCC. The van der Waals surface area contributed by atoms with Crippen molar-refractivity contribution in [3.63, 3.8) is 0 Å². The number of aliphatic hydroxyl groups is 1. The summed E-state index contributed by atoms with van der Waals surface area (Å²) in [7, 11) is -0.387. The summed E-state index contributed by atoms with van der Waals surface area (Å²) in [5.74, 6) is -0.489. The van der Waals surface area contributed by atoms with Gasteiger partial charge in [-0.05, 0) is 26.3 Å². The molecule has 0 spiro atoms. The zero-order valence-corrected chi connectivity index (χ0v) is 12.7. The third-order valence-corrected chi connectivity index (χ3v) is 3.58. The van der Waals surface area contributed by atoms with E-state index in [0.29, 0.717) is 12.2 Å². The van der Waals surface area contributed by atoms with E-state index in [4.69, 9.17) is 13.9 Å². The lowest BCUT2D eigenvalue weighted by molar-refractivity contribution is -0.143. The fraction of sp³-hybridized carbons (Fsp3) is 0.750. The van der Waals surface area contributed by atoms with Crippen LogP contribution in [0.4, 0.5) is 0 Å². The van der Waals surface area contributed by atoms with Crippen molar-refractivity contribution in [2.75, 3.05) is 26.4 Å². The standard InChI is InChI=1S/C12H24O5Si/c1-4-17-18-7-5-6-15-8-11(13)9-16-12(14)10(2)3/h11,13H,2,4-9,18H2,1,3H3. The molecule has 1 unspecified atom stereocenters. The van der Waals surface area contributed by atoms with Crippen molar-refractivity contribution in [2.24, 2.45) is 0 Å². The lowest BCUT2D eigenvalue weighted by atomic mass is 10.3. The third-order valence-electron chi connectivity index (χ3n) is 2.10. The van der Waals surface area contributed by atoms with Gasteiger partial charge in [0.05, 0.1) is 6.61 Å². The molecule has 18 heavy (non-hydrogen) atoms. The van der Waals surface area contributed by atoms with Crippen LogP contribution in [0.15, 0.2) is 12.2 Å². The zero-order chi connectivity index (χ0) is 13.8. The second-order valence-corrected chi connectivity index (χ2v) is 5.54. The Morgan fingerprint density at radius 1 is 1.44 bits per heavy atom. The Hall–Kier alpha value is -0.693.